The summed E-state index contributed by atoms with van der Waals surface area (Å²) < 4.78 is 4.51. The van der Waals surface area contributed by atoms with Crippen LogP contribution in [0.4, 0.5) is 17.1 Å². The Morgan fingerprint density at radius 1 is 1.10 bits per heavy atom. The van der Waals surface area contributed by atoms with Gasteiger partial charge in [-0.3, -0.25) is 30.3 Å². The van der Waals surface area contributed by atoms with Gasteiger partial charge in [0.15, 0.2) is 5.56 Å². The van der Waals surface area contributed by atoms with Crippen molar-refractivity contribution in [3.63, 3.8) is 0 Å². The van der Waals surface area contributed by atoms with E-state index >= 15 is 0 Å². The highest BCUT2D eigenvalue weighted by Gasteiger charge is 2.35. The summed E-state index contributed by atoms with van der Waals surface area (Å²) in [6.45, 7) is 2.22. The number of nitro benzene ring substituents is 3. The second-order valence-corrected chi connectivity index (χ2v) is 3.51. The van der Waals surface area contributed by atoms with E-state index in [-0.39, 0.29) is 0 Å². The lowest BCUT2D eigenvalue weighted by Gasteiger charge is -2.05. The molecule has 0 aliphatic heterocycles. The maximum atomic E-state index is 11.0. The minimum atomic E-state index is -1.14. The maximum Gasteiger partial charge on any atom is 0.359 e. The van der Waals surface area contributed by atoms with E-state index in [0.717, 1.165) is 12.1 Å². The zero-order valence-corrected chi connectivity index (χ0v) is 10.3. The molecular weight excluding hydrogens is 290 g/mol. The van der Waals surface area contributed by atoms with E-state index in [0.29, 0.717) is 6.07 Å². The molecule has 0 aliphatic carbocycles. The van der Waals surface area contributed by atoms with Gasteiger partial charge in [-0.1, -0.05) is 6.58 Å². The number of nitro groups is 3. The molecule has 0 atom stereocenters. The number of carbonyl (C=O) groups excluding carboxylic acids is 1. The first kappa shape index (κ1) is 15.7. The summed E-state index contributed by atoms with van der Waals surface area (Å²) in [7, 11) is 0. The number of carbonyl (C=O) groups is 1. The van der Waals surface area contributed by atoms with Crippen LogP contribution in [0, 0.1) is 30.3 Å². The fraction of sp³-hybridized carbons (Fsp3) is 0.100. The molecule has 0 fully saturated rings. The zero-order chi connectivity index (χ0) is 16.2. The van der Waals surface area contributed by atoms with Gasteiger partial charge in [0.25, 0.3) is 5.69 Å². The van der Waals surface area contributed by atoms with Crippen LogP contribution in [-0.4, -0.2) is 20.7 Å². The lowest BCUT2D eigenvalue weighted by Crippen LogP contribution is -2.08. The average molecular weight is 297 g/mol. The molecule has 21 heavy (non-hydrogen) atoms. The van der Waals surface area contributed by atoms with Crippen LogP contribution in [-0.2, 0) is 16.1 Å². The lowest BCUT2D eigenvalue weighted by atomic mass is 10.1. The Hall–Kier alpha value is -3.37. The van der Waals surface area contributed by atoms with Gasteiger partial charge in [0.2, 0.25) is 0 Å². The van der Waals surface area contributed by atoms with E-state index < -0.39 is 50.0 Å². The molecule has 11 heteroatoms. The van der Waals surface area contributed by atoms with Gasteiger partial charge < -0.3 is 4.74 Å². The van der Waals surface area contributed by atoms with Crippen molar-refractivity contribution >= 4 is 23.0 Å². The van der Waals surface area contributed by atoms with Gasteiger partial charge in [0, 0.05) is 18.2 Å². The first-order valence-corrected chi connectivity index (χ1v) is 5.17. The van der Waals surface area contributed by atoms with Gasteiger partial charge in [-0.25, -0.2) is 4.79 Å². The minimum Gasteiger partial charge on any atom is -0.457 e. The van der Waals surface area contributed by atoms with Crippen LogP contribution < -0.4 is 0 Å². The quantitative estimate of drug-likeness (QED) is 0.332. The molecule has 0 amide bonds. The van der Waals surface area contributed by atoms with Crippen molar-refractivity contribution in [1.29, 1.82) is 0 Å². The molecule has 1 aromatic carbocycles. The molecule has 0 heterocycles. The van der Waals surface area contributed by atoms with Crippen molar-refractivity contribution in [1.82, 2.24) is 0 Å². The molecule has 0 radical (unpaired) electrons. The fourth-order valence-corrected chi connectivity index (χ4v) is 1.48. The van der Waals surface area contributed by atoms with E-state index in [2.05, 4.69) is 11.3 Å². The van der Waals surface area contributed by atoms with Gasteiger partial charge in [0.1, 0.15) is 6.61 Å². The van der Waals surface area contributed by atoms with Crippen LogP contribution in [0.2, 0.25) is 0 Å². The number of ether oxygens (including phenoxy) is 1. The van der Waals surface area contributed by atoms with Gasteiger partial charge >= 0.3 is 17.3 Å². The number of hydrogen-bond donors (Lipinski definition) is 0. The maximum absolute atomic E-state index is 11.0. The van der Waals surface area contributed by atoms with Crippen molar-refractivity contribution < 1.29 is 24.3 Å². The van der Waals surface area contributed by atoms with Crippen molar-refractivity contribution in [2.24, 2.45) is 0 Å². The standard InChI is InChI=1S/C10H7N3O8/c1-2-9(14)21-5-6-7(11(15)16)3-4-8(12(17)18)10(6)13(19)20/h2-4H,1,5H2. The highest BCUT2D eigenvalue weighted by molar-refractivity contribution is 5.81. The molecule has 0 unspecified atom stereocenters. The van der Waals surface area contributed by atoms with Crippen LogP contribution in [0.1, 0.15) is 5.56 Å². The van der Waals surface area contributed by atoms with Crippen LogP contribution in [0.3, 0.4) is 0 Å². The molecule has 0 N–H and O–H groups in total. The number of hydrogen-bond acceptors (Lipinski definition) is 8. The van der Waals surface area contributed by atoms with Crippen LogP contribution in [0.5, 0.6) is 0 Å². The monoisotopic (exact) mass is 297 g/mol. The SMILES string of the molecule is C=CC(=O)OCc1c([N+](=O)[O-])ccc([N+](=O)[O-])c1[N+](=O)[O-]. The van der Waals surface area contributed by atoms with Crippen LogP contribution in [0.15, 0.2) is 24.8 Å². The predicted molar refractivity (Wildman–Crippen MR) is 66.4 cm³/mol. The van der Waals surface area contributed by atoms with Gasteiger partial charge in [-0.15, -0.1) is 0 Å². The third kappa shape index (κ3) is 3.34. The fourth-order valence-electron chi connectivity index (χ4n) is 1.48. The summed E-state index contributed by atoms with van der Waals surface area (Å²) in [5.41, 5.74) is -3.46. The number of rotatable bonds is 6. The van der Waals surface area contributed by atoms with Crippen LogP contribution in [0.25, 0.3) is 0 Å². The summed E-state index contributed by atoms with van der Waals surface area (Å²) in [5.74, 6) is -0.981. The largest absolute Gasteiger partial charge is 0.457 e. The Morgan fingerprint density at radius 3 is 2.05 bits per heavy atom. The number of benzene rings is 1. The minimum absolute atomic E-state index is 0.648. The molecule has 0 aliphatic rings. The summed E-state index contributed by atoms with van der Waals surface area (Å²) in [6, 6.07) is 1.39. The Labute approximate surface area is 115 Å². The van der Waals surface area contributed by atoms with E-state index in [1.807, 2.05) is 0 Å². The Kier molecular flexibility index (Phi) is 4.62. The van der Waals surface area contributed by atoms with Gasteiger partial charge in [0.05, 0.1) is 14.8 Å². The average Bonchev–Trinajstić information content (AvgIpc) is 2.42. The Bertz CT molecular complexity index is 654. The van der Waals surface area contributed by atoms with E-state index in [4.69, 9.17) is 0 Å². The first-order chi connectivity index (χ1) is 9.79. The predicted octanol–water partition coefficient (Wildman–Crippen LogP) is 1.64. The van der Waals surface area contributed by atoms with Crippen molar-refractivity contribution in [2.45, 2.75) is 6.61 Å². The van der Waals surface area contributed by atoms with Crippen molar-refractivity contribution in [3.05, 3.63) is 60.7 Å². The smallest absolute Gasteiger partial charge is 0.359 e. The van der Waals surface area contributed by atoms with Crippen molar-refractivity contribution in [3.8, 4) is 0 Å². The summed E-state index contributed by atoms with van der Waals surface area (Å²) in [4.78, 5) is 40.4. The zero-order valence-electron chi connectivity index (χ0n) is 10.3. The summed E-state index contributed by atoms with van der Waals surface area (Å²) in [6.07, 6.45) is 0.745. The Balaban J connectivity index is 3.51. The molecular formula is C10H7N3O8. The second-order valence-electron chi connectivity index (χ2n) is 3.51. The van der Waals surface area contributed by atoms with E-state index in [1.54, 1.807) is 0 Å². The normalized spacial score (nSPS) is 9.71. The van der Waals surface area contributed by atoms with Crippen LogP contribution >= 0.6 is 0 Å². The second kappa shape index (κ2) is 6.18. The number of esters is 1. The molecule has 0 saturated carbocycles. The molecule has 0 spiro atoms. The van der Waals surface area contributed by atoms with E-state index in [9.17, 15) is 35.1 Å². The molecule has 110 valence electrons. The first-order valence-electron chi connectivity index (χ1n) is 5.17. The highest BCUT2D eigenvalue weighted by Crippen LogP contribution is 2.37. The molecule has 0 aromatic heterocycles. The molecule has 1 aromatic rings. The lowest BCUT2D eigenvalue weighted by molar-refractivity contribution is -0.425. The molecule has 11 nitrogen and oxygen atoms in total. The third-order valence-electron chi connectivity index (χ3n) is 2.34. The Morgan fingerprint density at radius 2 is 1.62 bits per heavy atom. The third-order valence-corrected chi connectivity index (χ3v) is 2.34. The van der Waals surface area contributed by atoms with Crippen molar-refractivity contribution in [2.75, 3.05) is 0 Å². The number of nitrogens with zero attached hydrogens (tertiary/aromatic N) is 3. The topological polar surface area (TPSA) is 156 Å². The van der Waals surface area contributed by atoms with E-state index in [1.165, 1.54) is 0 Å². The molecule has 1 rings (SSSR count). The van der Waals surface area contributed by atoms with Gasteiger partial charge in [-0.05, 0) is 0 Å². The molecule has 0 bridgehead atoms. The summed E-state index contributed by atoms with van der Waals surface area (Å²) in [5, 5.41) is 32.6. The molecule has 0 saturated heterocycles. The summed E-state index contributed by atoms with van der Waals surface area (Å²) >= 11 is 0. The highest BCUT2D eigenvalue weighted by atomic mass is 16.6. The van der Waals surface area contributed by atoms with Gasteiger partial charge in [-0.2, -0.15) is 0 Å².